The molecule has 0 aliphatic heterocycles. The van der Waals surface area contributed by atoms with Crippen molar-refractivity contribution < 1.29 is 18.7 Å². The number of aryl methyl sites for hydroxylation is 1. The molecule has 1 amide bonds. The van der Waals surface area contributed by atoms with Crippen LogP contribution >= 0.6 is 11.8 Å². The van der Waals surface area contributed by atoms with Crippen LogP contribution in [0.1, 0.15) is 12.2 Å². The van der Waals surface area contributed by atoms with E-state index in [0.29, 0.717) is 24.0 Å². The van der Waals surface area contributed by atoms with Crippen LogP contribution in [0, 0.1) is 6.92 Å². The third-order valence-corrected chi connectivity index (χ3v) is 5.22. The van der Waals surface area contributed by atoms with Crippen molar-refractivity contribution in [3.05, 3.63) is 42.4 Å². The molecule has 0 radical (unpaired) electrons. The zero-order valence-corrected chi connectivity index (χ0v) is 17.5. The highest BCUT2D eigenvalue weighted by atomic mass is 32.2. The van der Waals surface area contributed by atoms with E-state index in [4.69, 9.17) is 13.9 Å². The van der Waals surface area contributed by atoms with Crippen LogP contribution in [0.2, 0.25) is 0 Å². The molecule has 3 rings (SSSR count). The van der Waals surface area contributed by atoms with Crippen molar-refractivity contribution in [2.75, 3.05) is 31.9 Å². The van der Waals surface area contributed by atoms with Crippen LogP contribution in [0.25, 0.3) is 11.4 Å². The molecule has 0 fully saturated rings. The fourth-order valence-electron chi connectivity index (χ4n) is 2.78. The van der Waals surface area contributed by atoms with Gasteiger partial charge in [-0.3, -0.25) is 4.79 Å². The zero-order chi connectivity index (χ0) is 20.6. The van der Waals surface area contributed by atoms with Gasteiger partial charge < -0.3 is 23.8 Å². The van der Waals surface area contributed by atoms with Gasteiger partial charge in [0.1, 0.15) is 11.5 Å². The van der Waals surface area contributed by atoms with Crippen molar-refractivity contribution in [1.29, 1.82) is 0 Å². The molecule has 0 atom stereocenters. The van der Waals surface area contributed by atoms with Gasteiger partial charge in [-0.25, -0.2) is 0 Å². The molecule has 2 aromatic heterocycles. The van der Waals surface area contributed by atoms with E-state index in [1.165, 1.54) is 11.8 Å². The second kappa shape index (κ2) is 10.1. The normalized spacial score (nSPS) is 10.9. The van der Waals surface area contributed by atoms with Crippen molar-refractivity contribution in [1.82, 2.24) is 14.8 Å². The van der Waals surface area contributed by atoms with Gasteiger partial charge in [0.15, 0.2) is 11.0 Å². The molecule has 1 aromatic carbocycles. The van der Waals surface area contributed by atoms with Crippen molar-refractivity contribution in [2.24, 2.45) is 0 Å². The number of thioether (sulfide) groups is 1. The molecule has 0 saturated carbocycles. The maximum atomic E-state index is 12.3. The smallest absolute Gasteiger partial charge is 0.234 e. The standard InChI is InChI=1S/C20H24N4O4S/c1-14-17(9-12-28-14)19-22-23-20(24(19)10-4-11-26-2)29-13-18(25)21-15-5-7-16(27-3)8-6-15/h5-9,12H,4,10-11,13H2,1-3H3,(H,21,25). The molecule has 0 bridgehead atoms. The number of carbonyl (C=O) groups is 1. The zero-order valence-electron chi connectivity index (χ0n) is 16.7. The predicted octanol–water partition coefficient (Wildman–Crippen LogP) is 3.62. The lowest BCUT2D eigenvalue weighted by molar-refractivity contribution is -0.113. The molecule has 0 aliphatic carbocycles. The number of ether oxygens (including phenoxy) is 2. The fourth-order valence-corrected chi connectivity index (χ4v) is 3.55. The topological polar surface area (TPSA) is 91.4 Å². The molecule has 8 nitrogen and oxygen atoms in total. The first kappa shape index (κ1) is 20.9. The molecule has 154 valence electrons. The van der Waals surface area contributed by atoms with E-state index in [0.717, 1.165) is 29.3 Å². The largest absolute Gasteiger partial charge is 0.497 e. The van der Waals surface area contributed by atoms with E-state index >= 15 is 0 Å². The molecule has 29 heavy (non-hydrogen) atoms. The predicted molar refractivity (Wildman–Crippen MR) is 111 cm³/mol. The number of carbonyl (C=O) groups excluding carboxylic acids is 1. The molecule has 0 spiro atoms. The summed E-state index contributed by atoms with van der Waals surface area (Å²) in [4.78, 5) is 12.3. The van der Waals surface area contributed by atoms with Gasteiger partial charge >= 0.3 is 0 Å². The van der Waals surface area contributed by atoms with Crippen molar-refractivity contribution in [2.45, 2.75) is 25.0 Å². The van der Waals surface area contributed by atoms with E-state index in [1.54, 1.807) is 44.7 Å². The first-order chi connectivity index (χ1) is 14.1. The highest BCUT2D eigenvalue weighted by Gasteiger charge is 2.18. The molecular formula is C20H24N4O4S. The van der Waals surface area contributed by atoms with E-state index in [9.17, 15) is 4.79 Å². The van der Waals surface area contributed by atoms with Crippen LogP contribution in [0.4, 0.5) is 5.69 Å². The summed E-state index contributed by atoms with van der Waals surface area (Å²) in [6.45, 7) is 3.20. The summed E-state index contributed by atoms with van der Waals surface area (Å²) < 4.78 is 17.7. The molecule has 0 unspecified atom stereocenters. The second-order valence-corrected chi connectivity index (χ2v) is 7.20. The minimum absolute atomic E-state index is 0.118. The summed E-state index contributed by atoms with van der Waals surface area (Å²) in [7, 11) is 3.28. The Morgan fingerprint density at radius 1 is 1.21 bits per heavy atom. The number of anilines is 1. The van der Waals surface area contributed by atoms with Crippen LogP contribution in [-0.4, -0.2) is 47.3 Å². The van der Waals surface area contributed by atoms with Crippen molar-refractivity contribution in [3.8, 4) is 17.1 Å². The van der Waals surface area contributed by atoms with Gasteiger partial charge in [0.25, 0.3) is 0 Å². The Hall–Kier alpha value is -2.78. The highest BCUT2D eigenvalue weighted by Crippen LogP contribution is 2.27. The number of hydrogen-bond donors (Lipinski definition) is 1. The summed E-state index contributed by atoms with van der Waals surface area (Å²) in [5, 5.41) is 12.2. The Labute approximate surface area is 173 Å². The Kier molecular flexibility index (Phi) is 7.31. The molecule has 9 heteroatoms. The van der Waals surface area contributed by atoms with Gasteiger partial charge in [0, 0.05) is 25.9 Å². The summed E-state index contributed by atoms with van der Waals surface area (Å²) in [6, 6.07) is 9.07. The minimum Gasteiger partial charge on any atom is -0.497 e. The van der Waals surface area contributed by atoms with Crippen LogP contribution in [0.5, 0.6) is 5.75 Å². The first-order valence-corrected chi connectivity index (χ1v) is 10.1. The lowest BCUT2D eigenvalue weighted by Gasteiger charge is -2.10. The Morgan fingerprint density at radius 2 is 2.00 bits per heavy atom. The lowest BCUT2D eigenvalue weighted by Crippen LogP contribution is -2.14. The molecule has 0 saturated heterocycles. The number of nitrogens with one attached hydrogen (secondary N) is 1. The van der Waals surface area contributed by atoms with Crippen LogP contribution in [0.15, 0.2) is 46.2 Å². The Bertz CT molecular complexity index is 936. The van der Waals surface area contributed by atoms with E-state index in [2.05, 4.69) is 15.5 Å². The first-order valence-electron chi connectivity index (χ1n) is 9.15. The SMILES string of the molecule is COCCCn1c(SCC(=O)Nc2ccc(OC)cc2)nnc1-c1ccoc1C. The fraction of sp³-hybridized carbons (Fsp3) is 0.350. The van der Waals surface area contributed by atoms with Gasteiger partial charge in [-0.1, -0.05) is 11.8 Å². The lowest BCUT2D eigenvalue weighted by atomic mass is 10.2. The number of furan rings is 1. The second-order valence-electron chi connectivity index (χ2n) is 6.26. The summed E-state index contributed by atoms with van der Waals surface area (Å²) >= 11 is 1.35. The number of methoxy groups -OCH3 is 2. The minimum atomic E-state index is -0.118. The van der Waals surface area contributed by atoms with Crippen molar-refractivity contribution in [3.63, 3.8) is 0 Å². The number of amides is 1. The van der Waals surface area contributed by atoms with Crippen LogP contribution in [-0.2, 0) is 16.1 Å². The third kappa shape index (κ3) is 5.39. The van der Waals surface area contributed by atoms with Crippen molar-refractivity contribution >= 4 is 23.4 Å². The maximum absolute atomic E-state index is 12.3. The average molecular weight is 417 g/mol. The number of hydrogen-bond acceptors (Lipinski definition) is 7. The van der Waals surface area contributed by atoms with E-state index in [1.807, 2.05) is 17.6 Å². The number of nitrogens with zero attached hydrogens (tertiary/aromatic N) is 3. The monoisotopic (exact) mass is 416 g/mol. The molecule has 2 heterocycles. The van der Waals surface area contributed by atoms with Gasteiger partial charge in [-0.05, 0) is 43.7 Å². The molecule has 0 aliphatic rings. The molecule has 3 aromatic rings. The molecule has 1 N–H and O–H groups in total. The van der Waals surface area contributed by atoms with Crippen LogP contribution < -0.4 is 10.1 Å². The van der Waals surface area contributed by atoms with Gasteiger partial charge in [-0.2, -0.15) is 0 Å². The number of rotatable bonds is 10. The molecular weight excluding hydrogens is 392 g/mol. The summed E-state index contributed by atoms with van der Waals surface area (Å²) in [5.41, 5.74) is 1.61. The quantitative estimate of drug-likeness (QED) is 0.399. The Morgan fingerprint density at radius 3 is 2.66 bits per heavy atom. The van der Waals surface area contributed by atoms with Gasteiger partial charge in [0.05, 0.1) is 24.7 Å². The van der Waals surface area contributed by atoms with E-state index in [-0.39, 0.29) is 11.7 Å². The number of aromatic nitrogens is 3. The van der Waals surface area contributed by atoms with Gasteiger partial charge in [-0.15, -0.1) is 10.2 Å². The summed E-state index contributed by atoms with van der Waals surface area (Å²) in [5.74, 6) is 2.35. The van der Waals surface area contributed by atoms with Crippen LogP contribution in [0.3, 0.4) is 0 Å². The Balaban J connectivity index is 1.68. The maximum Gasteiger partial charge on any atom is 0.234 e. The average Bonchev–Trinajstić information content (AvgIpc) is 3.33. The van der Waals surface area contributed by atoms with E-state index < -0.39 is 0 Å². The van der Waals surface area contributed by atoms with Gasteiger partial charge in [0.2, 0.25) is 5.91 Å². The number of benzene rings is 1. The third-order valence-electron chi connectivity index (χ3n) is 4.25. The summed E-state index contributed by atoms with van der Waals surface area (Å²) in [6.07, 6.45) is 2.44. The highest BCUT2D eigenvalue weighted by molar-refractivity contribution is 7.99.